The molecule has 2 rings (SSSR count). The third-order valence-electron chi connectivity index (χ3n) is 3.08. The van der Waals surface area contributed by atoms with Gasteiger partial charge in [0.05, 0.1) is 5.88 Å². The van der Waals surface area contributed by atoms with Gasteiger partial charge >= 0.3 is 0 Å². The van der Waals surface area contributed by atoms with Crippen LogP contribution in [0.25, 0.3) is 0 Å². The highest BCUT2D eigenvalue weighted by molar-refractivity contribution is 7.89. The summed E-state index contributed by atoms with van der Waals surface area (Å²) < 4.78 is 40.4. The largest absolute Gasteiger partial charge is 0.246 e. The van der Waals surface area contributed by atoms with Crippen molar-refractivity contribution in [2.45, 2.75) is 36.6 Å². The first kappa shape index (κ1) is 15.0. The second-order valence-electron chi connectivity index (χ2n) is 4.45. The SMILES string of the molecule is CCN(C1CC1)S(=O)(=O)c1cc(Cl)cc(CCl)c1F. The van der Waals surface area contributed by atoms with Crippen LogP contribution >= 0.6 is 23.2 Å². The highest BCUT2D eigenvalue weighted by Gasteiger charge is 2.38. The van der Waals surface area contributed by atoms with Crippen molar-refractivity contribution in [2.75, 3.05) is 6.54 Å². The van der Waals surface area contributed by atoms with Crippen LogP contribution < -0.4 is 0 Å². The Balaban J connectivity index is 2.53. The molecule has 0 heterocycles. The van der Waals surface area contributed by atoms with Crippen molar-refractivity contribution in [1.29, 1.82) is 0 Å². The predicted molar refractivity (Wildman–Crippen MR) is 73.6 cm³/mol. The zero-order chi connectivity index (χ0) is 14.2. The van der Waals surface area contributed by atoms with E-state index in [1.54, 1.807) is 6.92 Å². The molecular weight excluding hydrogens is 312 g/mol. The summed E-state index contributed by atoms with van der Waals surface area (Å²) in [6.07, 6.45) is 1.63. The lowest BCUT2D eigenvalue weighted by atomic mass is 10.2. The molecule has 1 aliphatic carbocycles. The number of sulfonamides is 1. The molecule has 0 aromatic heterocycles. The van der Waals surface area contributed by atoms with Crippen LogP contribution in [0.5, 0.6) is 0 Å². The van der Waals surface area contributed by atoms with Gasteiger partial charge in [0.2, 0.25) is 10.0 Å². The fraction of sp³-hybridized carbons (Fsp3) is 0.500. The summed E-state index contributed by atoms with van der Waals surface area (Å²) in [5.41, 5.74) is 0.0968. The molecule has 1 aliphatic rings. The van der Waals surface area contributed by atoms with Gasteiger partial charge in [-0.15, -0.1) is 11.6 Å². The molecule has 1 aromatic rings. The lowest BCUT2D eigenvalue weighted by Crippen LogP contribution is -2.33. The first-order valence-corrected chi connectivity index (χ1v) is 8.32. The van der Waals surface area contributed by atoms with Crippen molar-refractivity contribution in [3.63, 3.8) is 0 Å². The van der Waals surface area contributed by atoms with Crippen molar-refractivity contribution < 1.29 is 12.8 Å². The minimum Gasteiger partial charge on any atom is -0.207 e. The highest BCUT2D eigenvalue weighted by Crippen LogP contribution is 2.34. The van der Waals surface area contributed by atoms with E-state index in [0.29, 0.717) is 6.54 Å². The lowest BCUT2D eigenvalue weighted by Gasteiger charge is -2.21. The van der Waals surface area contributed by atoms with Gasteiger partial charge in [0.15, 0.2) is 0 Å². The molecular formula is C12H14Cl2FNO2S. The van der Waals surface area contributed by atoms with Crippen molar-refractivity contribution >= 4 is 33.2 Å². The molecule has 0 atom stereocenters. The summed E-state index contributed by atoms with van der Waals surface area (Å²) in [6, 6.07) is 2.47. The monoisotopic (exact) mass is 325 g/mol. The van der Waals surface area contributed by atoms with Gasteiger partial charge in [-0.05, 0) is 25.0 Å². The summed E-state index contributed by atoms with van der Waals surface area (Å²) in [4.78, 5) is -0.385. The Bertz CT molecular complexity index is 588. The average molecular weight is 326 g/mol. The number of nitrogens with zero attached hydrogens (tertiary/aromatic N) is 1. The Morgan fingerprint density at radius 3 is 2.53 bits per heavy atom. The Morgan fingerprint density at radius 2 is 2.05 bits per heavy atom. The third-order valence-corrected chi connectivity index (χ3v) is 5.61. The topological polar surface area (TPSA) is 37.4 Å². The van der Waals surface area contributed by atoms with E-state index in [9.17, 15) is 12.8 Å². The molecule has 0 bridgehead atoms. The van der Waals surface area contributed by atoms with E-state index in [-0.39, 0.29) is 27.4 Å². The van der Waals surface area contributed by atoms with Crippen LogP contribution in [0.4, 0.5) is 4.39 Å². The van der Waals surface area contributed by atoms with Gasteiger partial charge in [-0.1, -0.05) is 18.5 Å². The quantitative estimate of drug-likeness (QED) is 0.778. The maximum atomic E-state index is 14.2. The Morgan fingerprint density at radius 1 is 1.42 bits per heavy atom. The highest BCUT2D eigenvalue weighted by atomic mass is 35.5. The molecule has 1 fully saturated rings. The van der Waals surface area contributed by atoms with E-state index in [0.717, 1.165) is 18.9 Å². The van der Waals surface area contributed by atoms with Crippen LogP contribution in [-0.4, -0.2) is 25.3 Å². The molecule has 0 unspecified atom stereocenters. The van der Waals surface area contributed by atoms with Crippen LogP contribution in [0.1, 0.15) is 25.3 Å². The number of hydrogen-bond acceptors (Lipinski definition) is 2. The lowest BCUT2D eigenvalue weighted by molar-refractivity contribution is 0.416. The molecule has 0 aliphatic heterocycles. The molecule has 106 valence electrons. The number of halogens is 3. The predicted octanol–water partition coefficient (Wildman–Crippen LogP) is 3.39. The first-order chi connectivity index (χ1) is 8.91. The van der Waals surface area contributed by atoms with E-state index in [4.69, 9.17) is 23.2 Å². The van der Waals surface area contributed by atoms with E-state index in [1.807, 2.05) is 0 Å². The summed E-state index contributed by atoms with van der Waals surface area (Å²) in [6.45, 7) is 2.05. The average Bonchev–Trinajstić information content (AvgIpc) is 3.16. The Kier molecular flexibility index (Phi) is 4.40. The number of benzene rings is 1. The van der Waals surface area contributed by atoms with Gasteiger partial charge in [0, 0.05) is 23.2 Å². The van der Waals surface area contributed by atoms with Crippen LogP contribution in [0, 0.1) is 5.82 Å². The molecule has 1 saturated carbocycles. The van der Waals surface area contributed by atoms with Crippen molar-refractivity contribution in [3.05, 3.63) is 28.5 Å². The standard InChI is InChI=1S/C12H14Cl2FNO2S/c1-2-16(10-3-4-10)19(17,18)11-6-9(14)5-8(7-13)12(11)15/h5-6,10H,2-4,7H2,1H3. The number of alkyl halides is 1. The third kappa shape index (κ3) is 2.89. The summed E-state index contributed by atoms with van der Waals surface area (Å²) >= 11 is 11.4. The first-order valence-electron chi connectivity index (χ1n) is 5.97. The number of hydrogen-bond donors (Lipinski definition) is 0. The van der Waals surface area contributed by atoms with E-state index in [1.165, 1.54) is 10.4 Å². The van der Waals surface area contributed by atoms with Gasteiger partial charge in [0.25, 0.3) is 0 Å². The van der Waals surface area contributed by atoms with Gasteiger partial charge in [-0.3, -0.25) is 0 Å². The molecule has 0 spiro atoms. The molecule has 0 saturated heterocycles. The molecule has 0 radical (unpaired) electrons. The normalized spacial score (nSPS) is 16.1. The van der Waals surface area contributed by atoms with Crippen LogP contribution in [0.3, 0.4) is 0 Å². The number of rotatable bonds is 5. The maximum absolute atomic E-state index is 14.2. The van der Waals surface area contributed by atoms with Crippen LogP contribution in [0.2, 0.25) is 5.02 Å². The summed E-state index contributed by atoms with van der Waals surface area (Å²) in [5.74, 6) is -0.928. The molecule has 0 N–H and O–H groups in total. The zero-order valence-corrected chi connectivity index (χ0v) is 12.7. The summed E-state index contributed by atoms with van der Waals surface area (Å²) in [7, 11) is -3.86. The van der Waals surface area contributed by atoms with Crippen LogP contribution in [0.15, 0.2) is 17.0 Å². The van der Waals surface area contributed by atoms with Gasteiger partial charge in [-0.25, -0.2) is 12.8 Å². The fourth-order valence-electron chi connectivity index (χ4n) is 2.02. The second kappa shape index (κ2) is 5.56. The minimum absolute atomic E-state index is 0.0205. The second-order valence-corrected chi connectivity index (χ2v) is 7.01. The minimum atomic E-state index is -3.86. The van der Waals surface area contributed by atoms with Crippen molar-refractivity contribution in [1.82, 2.24) is 4.31 Å². The maximum Gasteiger partial charge on any atom is 0.246 e. The molecule has 19 heavy (non-hydrogen) atoms. The molecule has 1 aromatic carbocycles. The van der Waals surface area contributed by atoms with Crippen molar-refractivity contribution in [3.8, 4) is 0 Å². The Hall–Kier alpha value is -0.360. The fourth-order valence-corrected chi connectivity index (χ4v) is 4.35. The Labute approximate surface area is 122 Å². The van der Waals surface area contributed by atoms with E-state index in [2.05, 4.69) is 0 Å². The molecule has 0 amide bonds. The van der Waals surface area contributed by atoms with E-state index < -0.39 is 15.8 Å². The zero-order valence-electron chi connectivity index (χ0n) is 10.4. The van der Waals surface area contributed by atoms with Gasteiger partial charge in [0.1, 0.15) is 10.7 Å². The smallest absolute Gasteiger partial charge is 0.207 e. The van der Waals surface area contributed by atoms with Gasteiger partial charge in [-0.2, -0.15) is 4.31 Å². The van der Waals surface area contributed by atoms with Crippen LogP contribution in [-0.2, 0) is 15.9 Å². The summed E-state index contributed by atoms with van der Waals surface area (Å²) in [5, 5.41) is 0.169. The molecule has 3 nitrogen and oxygen atoms in total. The van der Waals surface area contributed by atoms with Gasteiger partial charge < -0.3 is 0 Å². The molecule has 7 heteroatoms. The van der Waals surface area contributed by atoms with Crippen molar-refractivity contribution in [2.24, 2.45) is 0 Å². The van der Waals surface area contributed by atoms with E-state index >= 15 is 0 Å².